The Morgan fingerprint density at radius 1 is 1.21 bits per heavy atom. The standard InChI is InChI=1S/C21H26N6O2/c1-26-7-6-17-10-16(2-3-19(17)26)12-22-11-15-4-8-27(9-5-15)21-23-13-18(14-24-21)20(28)25-29/h2-3,6-7,10,13-15,22,29H,4-5,8-9,11-12H2,1H3,(H,25,28). The van der Waals surface area contributed by atoms with Crippen LogP contribution in [0.15, 0.2) is 42.9 Å². The number of hydrogen-bond acceptors (Lipinski definition) is 6. The number of amides is 1. The largest absolute Gasteiger partial charge is 0.351 e. The minimum absolute atomic E-state index is 0.240. The highest BCUT2D eigenvalue weighted by Gasteiger charge is 2.21. The minimum Gasteiger partial charge on any atom is -0.351 e. The summed E-state index contributed by atoms with van der Waals surface area (Å²) in [6, 6.07) is 8.78. The molecule has 8 nitrogen and oxygen atoms in total. The number of carbonyl (C=O) groups excluding carboxylic acids is 1. The molecule has 3 heterocycles. The molecule has 1 saturated heterocycles. The van der Waals surface area contributed by atoms with Crippen molar-refractivity contribution in [2.75, 3.05) is 24.5 Å². The van der Waals surface area contributed by atoms with Gasteiger partial charge in [0.2, 0.25) is 5.95 Å². The maximum absolute atomic E-state index is 11.3. The predicted octanol–water partition coefficient (Wildman–Crippen LogP) is 2.09. The molecule has 0 spiro atoms. The summed E-state index contributed by atoms with van der Waals surface area (Å²) in [4.78, 5) is 22.0. The Morgan fingerprint density at radius 2 is 1.97 bits per heavy atom. The fourth-order valence-corrected chi connectivity index (χ4v) is 3.87. The Balaban J connectivity index is 1.23. The topological polar surface area (TPSA) is 95.3 Å². The molecule has 0 saturated carbocycles. The molecule has 1 amide bonds. The van der Waals surface area contributed by atoms with Gasteiger partial charge >= 0.3 is 0 Å². The molecule has 3 aromatic rings. The lowest BCUT2D eigenvalue weighted by molar-refractivity contribution is 0.0705. The van der Waals surface area contributed by atoms with Gasteiger partial charge in [0.25, 0.3) is 5.91 Å². The molecule has 1 aliphatic rings. The van der Waals surface area contributed by atoms with Gasteiger partial charge in [-0.25, -0.2) is 15.4 Å². The molecule has 0 radical (unpaired) electrons. The van der Waals surface area contributed by atoms with Gasteiger partial charge in [0.15, 0.2) is 0 Å². The highest BCUT2D eigenvalue weighted by molar-refractivity contribution is 5.92. The van der Waals surface area contributed by atoms with Gasteiger partial charge in [0.05, 0.1) is 5.56 Å². The lowest BCUT2D eigenvalue weighted by Crippen LogP contribution is -2.38. The molecular weight excluding hydrogens is 368 g/mol. The van der Waals surface area contributed by atoms with E-state index in [9.17, 15) is 4.79 Å². The molecule has 3 N–H and O–H groups in total. The van der Waals surface area contributed by atoms with Crippen molar-refractivity contribution in [3.63, 3.8) is 0 Å². The van der Waals surface area contributed by atoms with Crippen LogP contribution in [-0.4, -0.2) is 45.3 Å². The van der Waals surface area contributed by atoms with E-state index in [0.29, 0.717) is 11.9 Å². The van der Waals surface area contributed by atoms with Crippen molar-refractivity contribution >= 4 is 22.8 Å². The minimum atomic E-state index is -0.604. The highest BCUT2D eigenvalue weighted by atomic mass is 16.5. The Hall–Kier alpha value is -2.97. The quantitative estimate of drug-likeness (QED) is 0.438. The second-order valence-corrected chi connectivity index (χ2v) is 7.59. The number of hydrogen-bond donors (Lipinski definition) is 3. The van der Waals surface area contributed by atoms with Crippen molar-refractivity contribution in [1.82, 2.24) is 25.3 Å². The zero-order valence-corrected chi connectivity index (χ0v) is 16.5. The van der Waals surface area contributed by atoms with Gasteiger partial charge in [-0.2, -0.15) is 0 Å². The number of anilines is 1. The molecule has 4 rings (SSSR count). The number of fused-ring (bicyclic) bond motifs is 1. The van der Waals surface area contributed by atoms with Crippen LogP contribution >= 0.6 is 0 Å². The van der Waals surface area contributed by atoms with Crippen molar-refractivity contribution in [3.05, 3.63) is 54.0 Å². The molecule has 0 bridgehead atoms. The maximum Gasteiger partial charge on any atom is 0.277 e. The Morgan fingerprint density at radius 3 is 2.69 bits per heavy atom. The van der Waals surface area contributed by atoms with Gasteiger partial charge in [0.1, 0.15) is 0 Å². The van der Waals surface area contributed by atoms with Gasteiger partial charge < -0.3 is 14.8 Å². The van der Waals surface area contributed by atoms with Gasteiger partial charge in [-0.15, -0.1) is 0 Å². The summed E-state index contributed by atoms with van der Waals surface area (Å²) < 4.78 is 2.14. The number of piperidine rings is 1. The molecule has 1 fully saturated rings. The smallest absolute Gasteiger partial charge is 0.277 e. The van der Waals surface area contributed by atoms with Crippen molar-refractivity contribution < 1.29 is 10.0 Å². The molecule has 1 aliphatic heterocycles. The average Bonchev–Trinajstić information content (AvgIpc) is 3.14. The van der Waals surface area contributed by atoms with Crippen LogP contribution in [0, 0.1) is 5.92 Å². The van der Waals surface area contributed by atoms with Crippen LogP contribution in [-0.2, 0) is 13.6 Å². The van der Waals surface area contributed by atoms with Crippen molar-refractivity contribution in [2.45, 2.75) is 19.4 Å². The molecular formula is C21H26N6O2. The third-order valence-electron chi connectivity index (χ3n) is 5.61. The first-order valence-electron chi connectivity index (χ1n) is 9.90. The lowest BCUT2D eigenvalue weighted by atomic mass is 9.97. The number of carbonyl (C=O) groups is 1. The summed E-state index contributed by atoms with van der Waals surface area (Å²) in [7, 11) is 2.07. The number of aryl methyl sites for hydroxylation is 1. The van der Waals surface area contributed by atoms with E-state index in [1.54, 1.807) is 5.48 Å². The van der Waals surface area contributed by atoms with E-state index in [-0.39, 0.29) is 5.56 Å². The number of benzene rings is 1. The Labute approximate surface area is 169 Å². The van der Waals surface area contributed by atoms with Crippen molar-refractivity contribution in [3.8, 4) is 0 Å². The zero-order chi connectivity index (χ0) is 20.2. The Bertz CT molecular complexity index is 977. The summed E-state index contributed by atoms with van der Waals surface area (Å²) in [5.41, 5.74) is 4.39. The predicted molar refractivity (Wildman–Crippen MR) is 111 cm³/mol. The number of hydroxylamine groups is 1. The van der Waals surface area contributed by atoms with Gasteiger partial charge in [-0.3, -0.25) is 10.0 Å². The average molecular weight is 394 g/mol. The summed E-state index contributed by atoms with van der Waals surface area (Å²) >= 11 is 0. The second-order valence-electron chi connectivity index (χ2n) is 7.59. The van der Waals surface area contributed by atoms with Crippen LogP contribution in [0.4, 0.5) is 5.95 Å². The van der Waals surface area contributed by atoms with E-state index >= 15 is 0 Å². The first-order valence-corrected chi connectivity index (χ1v) is 9.90. The Kier molecular flexibility index (Phi) is 5.73. The summed E-state index contributed by atoms with van der Waals surface area (Å²) in [5.74, 6) is 0.654. The SMILES string of the molecule is Cn1ccc2cc(CNCC3CCN(c4ncc(C(=O)NO)cn4)CC3)ccc21. The van der Waals surface area contributed by atoms with Crippen molar-refractivity contribution in [1.29, 1.82) is 0 Å². The van der Waals surface area contributed by atoms with E-state index in [2.05, 4.69) is 62.3 Å². The van der Waals surface area contributed by atoms with Crippen LogP contribution in [0.1, 0.15) is 28.8 Å². The van der Waals surface area contributed by atoms with E-state index < -0.39 is 5.91 Å². The molecule has 8 heteroatoms. The lowest BCUT2D eigenvalue weighted by Gasteiger charge is -2.32. The second kappa shape index (κ2) is 8.59. The number of nitrogens with zero attached hydrogens (tertiary/aromatic N) is 4. The third kappa shape index (κ3) is 4.38. The van der Waals surface area contributed by atoms with Crippen LogP contribution < -0.4 is 15.7 Å². The molecule has 2 aromatic heterocycles. The molecule has 152 valence electrons. The normalized spacial score (nSPS) is 15.0. The molecule has 0 unspecified atom stereocenters. The van der Waals surface area contributed by atoms with E-state index in [1.165, 1.54) is 28.9 Å². The van der Waals surface area contributed by atoms with Gasteiger partial charge in [0, 0.05) is 50.8 Å². The molecule has 29 heavy (non-hydrogen) atoms. The van der Waals surface area contributed by atoms with Crippen LogP contribution in [0.25, 0.3) is 10.9 Å². The number of rotatable bonds is 6. The monoisotopic (exact) mass is 394 g/mol. The molecule has 0 aliphatic carbocycles. The van der Waals surface area contributed by atoms with E-state index in [0.717, 1.165) is 39.0 Å². The third-order valence-corrected chi connectivity index (χ3v) is 5.61. The molecule has 0 atom stereocenters. The van der Waals surface area contributed by atoms with E-state index in [4.69, 9.17) is 5.21 Å². The summed E-state index contributed by atoms with van der Waals surface area (Å²) in [5, 5.41) is 13.5. The van der Waals surface area contributed by atoms with Crippen molar-refractivity contribution in [2.24, 2.45) is 13.0 Å². The first kappa shape index (κ1) is 19.4. The van der Waals surface area contributed by atoms with Crippen LogP contribution in [0.3, 0.4) is 0 Å². The fraction of sp³-hybridized carbons (Fsp3) is 0.381. The van der Waals surface area contributed by atoms with Crippen LogP contribution in [0.5, 0.6) is 0 Å². The van der Waals surface area contributed by atoms with E-state index in [1.807, 2.05) is 0 Å². The highest BCUT2D eigenvalue weighted by Crippen LogP contribution is 2.21. The van der Waals surface area contributed by atoms with Gasteiger partial charge in [-0.1, -0.05) is 6.07 Å². The number of nitrogens with one attached hydrogen (secondary N) is 2. The first-order chi connectivity index (χ1) is 14.1. The zero-order valence-electron chi connectivity index (χ0n) is 16.5. The van der Waals surface area contributed by atoms with Crippen LogP contribution in [0.2, 0.25) is 0 Å². The van der Waals surface area contributed by atoms with Gasteiger partial charge in [-0.05, 0) is 54.5 Å². The maximum atomic E-state index is 11.3. The molecule has 1 aromatic carbocycles. The summed E-state index contributed by atoms with van der Waals surface area (Å²) in [6.45, 7) is 3.67. The fourth-order valence-electron chi connectivity index (χ4n) is 3.87. The summed E-state index contributed by atoms with van der Waals surface area (Å²) in [6.07, 6.45) is 7.12. The number of aromatic nitrogens is 3.